The van der Waals surface area contributed by atoms with Crippen molar-refractivity contribution in [3.8, 4) is 22.6 Å². The molecule has 0 fully saturated rings. The van der Waals surface area contributed by atoms with Gasteiger partial charge in [-0.1, -0.05) is 42.5 Å². The normalized spacial score (nSPS) is 9.11. The second kappa shape index (κ2) is 6.15. The Morgan fingerprint density at radius 2 is 1.44 bits per heavy atom. The van der Waals surface area contributed by atoms with E-state index in [-0.39, 0.29) is 11.5 Å². The van der Waals surface area contributed by atoms with Crippen molar-refractivity contribution in [3.63, 3.8) is 0 Å². The van der Waals surface area contributed by atoms with E-state index in [9.17, 15) is 10.2 Å². The van der Waals surface area contributed by atoms with Crippen LogP contribution in [0.2, 0.25) is 0 Å². The standard InChI is InChI=1S/C12H10O2.CH4N2O/c13-11-8-4-7-10(12(11)14)9-5-2-1-3-6-9;2-1(3)4/h1-8,13-14H;(H4,2,3,4). The van der Waals surface area contributed by atoms with Crippen LogP contribution >= 0.6 is 0 Å². The molecule has 0 aliphatic heterocycles. The summed E-state index contributed by atoms with van der Waals surface area (Å²) in [6.07, 6.45) is 0. The van der Waals surface area contributed by atoms with Crippen LogP contribution in [0.5, 0.6) is 11.5 Å². The number of primary amides is 2. The minimum atomic E-state index is -0.833. The summed E-state index contributed by atoms with van der Waals surface area (Å²) in [7, 11) is 0. The summed E-state index contributed by atoms with van der Waals surface area (Å²) in [6, 6.07) is 13.5. The van der Waals surface area contributed by atoms with Crippen LogP contribution in [0.4, 0.5) is 4.79 Å². The van der Waals surface area contributed by atoms with E-state index in [1.807, 2.05) is 30.3 Å². The average molecular weight is 246 g/mol. The topological polar surface area (TPSA) is 110 Å². The van der Waals surface area contributed by atoms with E-state index in [1.165, 1.54) is 6.07 Å². The Balaban J connectivity index is 0.000000357. The van der Waals surface area contributed by atoms with Crippen LogP contribution in [-0.2, 0) is 0 Å². The Bertz CT molecular complexity index is 523. The SMILES string of the molecule is NC(N)=O.Oc1cccc(-c2ccccc2)c1O. The molecule has 2 amide bonds. The molecule has 0 bridgehead atoms. The summed E-state index contributed by atoms with van der Waals surface area (Å²) in [5.41, 5.74) is 10.0. The molecule has 0 radical (unpaired) electrons. The molecule has 2 aromatic carbocycles. The van der Waals surface area contributed by atoms with Crippen molar-refractivity contribution in [1.29, 1.82) is 0 Å². The third-order valence-corrected chi connectivity index (χ3v) is 2.10. The van der Waals surface area contributed by atoms with Crippen molar-refractivity contribution in [3.05, 3.63) is 48.5 Å². The molecule has 5 nitrogen and oxygen atoms in total. The molecule has 0 aromatic heterocycles. The first-order valence-electron chi connectivity index (χ1n) is 5.13. The van der Waals surface area contributed by atoms with Crippen LogP contribution in [0, 0.1) is 0 Å². The quantitative estimate of drug-likeness (QED) is 0.576. The zero-order valence-electron chi connectivity index (χ0n) is 9.58. The number of para-hydroxylation sites is 1. The molecular formula is C13H14N2O3. The first-order valence-corrected chi connectivity index (χ1v) is 5.13. The number of amides is 2. The molecule has 94 valence electrons. The van der Waals surface area contributed by atoms with E-state index in [0.717, 1.165) is 5.56 Å². The van der Waals surface area contributed by atoms with Gasteiger partial charge in [-0.05, 0) is 11.6 Å². The lowest BCUT2D eigenvalue weighted by molar-refractivity contribution is 0.256. The van der Waals surface area contributed by atoms with Crippen LogP contribution < -0.4 is 11.5 Å². The lowest BCUT2D eigenvalue weighted by Gasteiger charge is -2.05. The summed E-state index contributed by atoms with van der Waals surface area (Å²) in [5, 5.41) is 18.9. The molecule has 2 aromatic rings. The molecule has 18 heavy (non-hydrogen) atoms. The second-order valence-electron chi connectivity index (χ2n) is 3.44. The molecule has 0 saturated heterocycles. The van der Waals surface area contributed by atoms with Gasteiger partial charge in [0.05, 0.1) is 0 Å². The van der Waals surface area contributed by atoms with Gasteiger partial charge in [-0.25, -0.2) is 4.79 Å². The minimum absolute atomic E-state index is 0.0706. The fourth-order valence-electron chi connectivity index (χ4n) is 1.38. The summed E-state index contributed by atoms with van der Waals surface area (Å²) in [4.78, 5) is 9.00. The second-order valence-corrected chi connectivity index (χ2v) is 3.44. The molecule has 2 rings (SSSR count). The number of phenolic OH excluding ortho intramolecular Hbond substituents is 2. The molecular weight excluding hydrogens is 232 g/mol. The van der Waals surface area contributed by atoms with Gasteiger partial charge in [0.1, 0.15) is 0 Å². The van der Waals surface area contributed by atoms with Gasteiger partial charge in [0.15, 0.2) is 11.5 Å². The molecule has 0 unspecified atom stereocenters. The number of aromatic hydroxyl groups is 2. The van der Waals surface area contributed by atoms with Crippen molar-refractivity contribution in [1.82, 2.24) is 0 Å². The Morgan fingerprint density at radius 1 is 0.889 bits per heavy atom. The maximum absolute atomic E-state index is 9.60. The smallest absolute Gasteiger partial charge is 0.309 e. The van der Waals surface area contributed by atoms with E-state index in [0.29, 0.717) is 5.56 Å². The van der Waals surface area contributed by atoms with Gasteiger partial charge in [-0.2, -0.15) is 0 Å². The Kier molecular flexibility index (Phi) is 4.57. The first kappa shape index (κ1) is 13.4. The van der Waals surface area contributed by atoms with Crippen LogP contribution in [0.1, 0.15) is 0 Å². The minimum Gasteiger partial charge on any atom is -0.504 e. The van der Waals surface area contributed by atoms with Gasteiger partial charge >= 0.3 is 6.03 Å². The largest absolute Gasteiger partial charge is 0.504 e. The molecule has 0 aliphatic rings. The van der Waals surface area contributed by atoms with Gasteiger partial charge in [0, 0.05) is 5.56 Å². The number of benzene rings is 2. The monoisotopic (exact) mass is 246 g/mol. The molecule has 0 aliphatic carbocycles. The van der Waals surface area contributed by atoms with Crippen molar-refractivity contribution >= 4 is 6.03 Å². The Labute approximate surface area is 104 Å². The highest BCUT2D eigenvalue weighted by atomic mass is 16.3. The summed E-state index contributed by atoms with van der Waals surface area (Å²) < 4.78 is 0. The molecule has 5 heteroatoms. The number of carbonyl (C=O) groups is 1. The predicted octanol–water partition coefficient (Wildman–Crippen LogP) is 1.79. The Morgan fingerprint density at radius 3 is 2.00 bits per heavy atom. The van der Waals surface area contributed by atoms with Gasteiger partial charge in [0.2, 0.25) is 0 Å². The Hall–Kier alpha value is -2.69. The van der Waals surface area contributed by atoms with E-state index < -0.39 is 6.03 Å². The third-order valence-electron chi connectivity index (χ3n) is 2.10. The number of nitrogens with two attached hydrogens (primary N) is 2. The molecule has 0 atom stereocenters. The highest BCUT2D eigenvalue weighted by molar-refractivity contribution is 5.72. The summed E-state index contributed by atoms with van der Waals surface area (Å²) >= 11 is 0. The maximum atomic E-state index is 9.60. The van der Waals surface area contributed by atoms with E-state index >= 15 is 0 Å². The van der Waals surface area contributed by atoms with Crippen LogP contribution in [0.25, 0.3) is 11.1 Å². The van der Waals surface area contributed by atoms with Gasteiger partial charge in [0.25, 0.3) is 0 Å². The highest BCUT2D eigenvalue weighted by Gasteiger charge is 2.06. The van der Waals surface area contributed by atoms with Crippen molar-refractivity contribution in [2.75, 3.05) is 0 Å². The fraction of sp³-hybridized carbons (Fsp3) is 0. The molecule has 0 heterocycles. The molecule has 0 spiro atoms. The van der Waals surface area contributed by atoms with Crippen LogP contribution in [-0.4, -0.2) is 16.2 Å². The van der Waals surface area contributed by atoms with Gasteiger partial charge in [-0.3, -0.25) is 0 Å². The zero-order chi connectivity index (χ0) is 13.5. The highest BCUT2D eigenvalue weighted by Crippen LogP contribution is 2.35. The summed E-state index contributed by atoms with van der Waals surface area (Å²) in [6.45, 7) is 0. The van der Waals surface area contributed by atoms with E-state index in [2.05, 4.69) is 11.5 Å². The van der Waals surface area contributed by atoms with Crippen molar-refractivity contribution in [2.24, 2.45) is 11.5 Å². The van der Waals surface area contributed by atoms with Gasteiger partial charge < -0.3 is 21.7 Å². The zero-order valence-corrected chi connectivity index (χ0v) is 9.58. The number of carbonyl (C=O) groups excluding carboxylic acids is 1. The van der Waals surface area contributed by atoms with E-state index in [4.69, 9.17) is 4.79 Å². The molecule has 6 N–H and O–H groups in total. The maximum Gasteiger partial charge on any atom is 0.309 e. The predicted molar refractivity (Wildman–Crippen MR) is 69.0 cm³/mol. The summed E-state index contributed by atoms with van der Waals surface area (Å²) in [5.74, 6) is -0.162. The van der Waals surface area contributed by atoms with Crippen molar-refractivity contribution < 1.29 is 15.0 Å². The number of phenols is 2. The number of hydrogen-bond donors (Lipinski definition) is 4. The van der Waals surface area contributed by atoms with Crippen LogP contribution in [0.15, 0.2) is 48.5 Å². The number of rotatable bonds is 1. The van der Waals surface area contributed by atoms with Crippen LogP contribution in [0.3, 0.4) is 0 Å². The fourth-order valence-corrected chi connectivity index (χ4v) is 1.38. The average Bonchev–Trinajstić information content (AvgIpc) is 2.33. The number of urea groups is 1. The number of hydrogen-bond acceptors (Lipinski definition) is 3. The first-order chi connectivity index (χ1) is 8.52. The van der Waals surface area contributed by atoms with Gasteiger partial charge in [-0.15, -0.1) is 0 Å². The third kappa shape index (κ3) is 3.71. The lowest BCUT2D eigenvalue weighted by Crippen LogP contribution is -2.18. The lowest BCUT2D eigenvalue weighted by atomic mass is 10.0. The molecule has 0 saturated carbocycles. The van der Waals surface area contributed by atoms with Crippen molar-refractivity contribution in [2.45, 2.75) is 0 Å². The van der Waals surface area contributed by atoms with E-state index in [1.54, 1.807) is 12.1 Å².